The lowest BCUT2D eigenvalue weighted by Crippen LogP contribution is -2.46. The molecule has 1 amide bonds. The lowest BCUT2D eigenvalue weighted by molar-refractivity contribution is -0.0500. The first-order valence-electron chi connectivity index (χ1n) is 18.5. The molecule has 2 aliphatic heterocycles. The number of halogens is 5. The molecular formula is C39H48Cl2F3N5O4S. The van der Waals surface area contributed by atoms with E-state index in [1.165, 1.54) is 36.1 Å². The highest BCUT2D eigenvalue weighted by Crippen LogP contribution is 2.38. The fourth-order valence-electron chi connectivity index (χ4n) is 7.85. The number of nitrogens with one attached hydrogen (secondary N) is 1. The molecular weight excluding hydrogens is 762 g/mol. The lowest BCUT2D eigenvalue weighted by atomic mass is 9.85. The van der Waals surface area contributed by atoms with Crippen LogP contribution < -0.4 is 9.50 Å². The van der Waals surface area contributed by atoms with Gasteiger partial charge in [-0.25, -0.2) is 0 Å². The second-order valence-electron chi connectivity index (χ2n) is 14.7. The van der Waals surface area contributed by atoms with Gasteiger partial charge in [0.1, 0.15) is 5.75 Å². The number of amides is 1. The van der Waals surface area contributed by atoms with Gasteiger partial charge in [0.25, 0.3) is 5.91 Å². The van der Waals surface area contributed by atoms with Gasteiger partial charge in [0.15, 0.2) is 0 Å². The third-order valence-corrected chi connectivity index (χ3v) is 12.7. The fraction of sp³-hybridized carbons (Fsp3) is 0.513. The highest BCUT2D eigenvalue weighted by Gasteiger charge is 2.48. The minimum absolute atomic E-state index is 0.0541. The number of hydrogen-bond donors (Lipinski definition) is 1. The number of alkyl halides is 3. The number of hydrogen-bond acceptors (Lipinski definition) is 8. The van der Waals surface area contributed by atoms with Crippen LogP contribution in [0.5, 0.6) is 5.75 Å². The van der Waals surface area contributed by atoms with E-state index < -0.39 is 15.6 Å². The molecule has 7 rings (SSSR count). The van der Waals surface area contributed by atoms with Gasteiger partial charge in [0.05, 0.1) is 10.0 Å². The summed E-state index contributed by atoms with van der Waals surface area (Å²) in [5.74, 6) is -0.335. The Labute approximate surface area is 326 Å². The third kappa shape index (κ3) is 9.90. The SMILES string of the molecule is CN1CCN(C2CCCc3ccc(C(=O)NCc4ccc(Cl)c(Cl)c4)cc32)CC1.CN1CCN(C2CCCc3ccc(OS(=O)(=O)C(F)(F)F)cc32)CC1. The molecule has 2 atom stereocenters. The van der Waals surface area contributed by atoms with Crippen molar-refractivity contribution in [2.24, 2.45) is 0 Å². The van der Waals surface area contributed by atoms with E-state index in [1.807, 2.05) is 12.1 Å². The Bertz CT molecular complexity index is 1900. The Kier molecular flexibility index (Phi) is 13.2. The molecule has 3 aromatic rings. The van der Waals surface area contributed by atoms with Crippen molar-refractivity contribution in [3.05, 3.63) is 98.0 Å². The normalized spacial score (nSPS) is 21.7. The second kappa shape index (κ2) is 17.5. The molecule has 4 aliphatic rings. The molecule has 54 heavy (non-hydrogen) atoms. The number of piperazine rings is 2. The van der Waals surface area contributed by atoms with E-state index in [9.17, 15) is 26.4 Å². The molecule has 0 aromatic heterocycles. The van der Waals surface area contributed by atoms with Crippen LogP contribution in [-0.2, 0) is 29.5 Å². The van der Waals surface area contributed by atoms with E-state index in [-0.39, 0.29) is 17.7 Å². The summed E-state index contributed by atoms with van der Waals surface area (Å²) in [6.07, 6.45) is 6.24. The minimum Gasteiger partial charge on any atom is -0.376 e. The predicted molar refractivity (Wildman–Crippen MR) is 206 cm³/mol. The van der Waals surface area contributed by atoms with Crippen molar-refractivity contribution in [2.75, 3.05) is 66.5 Å². The predicted octanol–water partition coefficient (Wildman–Crippen LogP) is 7.09. The molecule has 0 spiro atoms. The van der Waals surface area contributed by atoms with Crippen molar-refractivity contribution < 1.29 is 30.6 Å². The molecule has 2 fully saturated rings. The maximum Gasteiger partial charge on any atom is 0.534 e. The summed E-state index contributed by atoms with van der Waals surface area (Å²) in [6, 6.07) is 16.6. The number of benzene rings is 3. The summed E-state index contributed by atoms with van der Waals surface area (Å²) in [6.45, 7) is 8.46. The van der Waals surface area contributed by atoms with Crippen LogP contribution in [0, 0.1) is 0 Å². The number of fused-ring (bicyclic) bond motifs is 2. The Hall–Kier alpha value is -2.91. The van der Waals surface area contributed by atoms with Gasteiger partial charge in [-0.3, -0.25) is 14.6 Å². The van der Waals surface area contributed by atoms with E-state index in [1.54, 1.807) is 18.2 Å². The highest BCUT2D eigenvalue weighted by atomic mass is 35.5. The molecule has 2 aliphatic carbocycles. The first-order valence-corrected chi connectivity index (χ1v) is 20.7. The van der Waals surface area contributed by atoms with Crippen molar-refractivity contribution in [3.8, 4) is 5.75 Å². The van der Waals surface area contributed by atoms with Crippen molar-refractivity contribution in [1.29, 1.82) is 0 Å². The van der Waals surface area contributed by atoms with Gasteiger partial charge in [-0.15, -0.1) is 0 Å². The van der Waals surface area contributed by atoms with E-state index in [0.29, 0.717) is 22.6 Å². The van der Waals surface area contributed by atoms with Crippen molar-refractivity contribution >= 4 is 39.2 Å². The van der Waals surface area contributed by atoms with E-state index in [0.717, 1.165) is 100 Å². The van der Waals surface area contributed by atoms with E-state index in [4.69, 9.17) is 23.2 Å². The number of likely N-dealkylation sites (N-methyl/N-ethyl adjacent to an activating group) is 2. The molecule has 0 radical (unpaired) electrons. The monoisotopic (exact) mass is 809 g/mol. The lowest BCUT2D eigenvalue weighted by Gasteiger charge is -2.40. The Morgan fingerprint density at radius 1 is 0.759 bits per heavy atom. The summed E-state index contributed by atoms with van der Waals surface area (Å²) in [4.78, 5) is 22.3. The highest BCUT2D eigenvalue weighted by molar-refractivity contribution is 7.88. The van der Waals surface area contributed by atoms with Crippen LogP contribution in [0.4, 0.5) is 13.2 Å². The zero-order chi connectivity index (χ0) is 38.6. The fourth-order valence-corrected chi connectivity index (χ4v) is 8.63. The van der Waals surface area contributed by atoms with Crippen LogP contribution in [0.25, 0.3) is 0 Å². The standard InChI is InChI=1S/C23H27Cl2N3O.C16H21F3N2O3S/c1-27-9-11-28(12-10-27)22-4-2-3-17-6-7-18(14-19(17)22)23(29)26-15-16-5-8-20(24)21(25)13-16;1-20-7-9-21(10-8-20)15-4-2-3-12-5-6-13(11-14(12)15)24-25(22,23)16(17,18)19/h5-8,13-14,22H,2-4,9-12,15H2,1H3,(H,26,29);5-6,11,15H,2-4,7-10H2,1H3. The van der Waals surface area contributed by atoms with Crippen LogP contribution in [0.3, 0.4) is 0 Å². The Balaban J connectivity index is 0.000000186. The zero-order valence-electron chi connectivity index (χ0n) is 30.7. The molecule has 1 N–H and O–H groups in total. The van der Waals surface area contributed by atoms with Gasteiger partial charge in [-0.05, 0) is 117 Å². The van der Waals surface area contributed by atoms with Gasteiger partial charge >= 0.3 is 15.6 Å². The van der Waals surface area contributed by atoms with Crippen LogP contribution in [0.2, 0.25) is 10.0 Å². The molecule has 2 heterocycles. The van der Waals surface area contributed by atoms with Crippen molar-refractivity contribution in [2.45, 2.75) is 62.7 Å². The summed E-state index contributed by atoms with van der Waals surface area (Å²) < 4.78 is 64.4. The topological polar surface area (TPSA) is 85.4 Å². The summed E-state index contributed by atoms with van der Waals surface area (Å²) >= 11 is 12.0. The van der Waals surface area contributed by atoms with Gasteiger partial charge in [0.2, 0.25) is 0 Å². The first-order chi connectivity index (χ1) is 25.7. The van der Waals surface area contributed by atoms with E-state index >= 15 is 0 Å². The number of carbonyl (C=O) groups excluding carboxylic acids is 1. The minimum atomic E-state index is -5.65. The smallest absolute Gasteiger partial charge is 0.376 e. The first kappa shape index (κ1) is 40.7. The number of nitrogens with zero attached hydrogens (tertiary/aromatic N) is 4. The maximum absolute atomic E-state index is 12.8. The maximum atomic E-state index is 12.8. The van der Waals surface area contributed by atoms with Crippen molar-refractivity contribution in [1.82, 2.24) is 24.9 Å². The third-order valence-electron chi connectivity index (χ3n) is 11.0. The molecule has 294 valence electrons. The molecule has 9 nitrogen and oxygen atoms in total. The molecule has 0 bridgehead atoms. The largest absolute Gasteiger partial charge is 0.534 e. The summed E-state index contributed by atoms with van der Waals surface area (Å²) in [5.41, 5.74) is 0.882. The molecule has 3 aromatic carbocycles. The summed E-state index contributed by atoms with van der Waals surface area (Å²) in [7, 11) is -1.41. The van der Waals surface area contributed by atoms with Crippen LogP contribution in [0.15, 0.2) is 54.6 Å². The van der Waals surface area contributed by atoms with Crippen LogP contribution in [-0.4, -0.2) is 106 Å². The zero-order valence-corrected chi connectivity index (χ0v) is 33.0. The summed E-state index contributed by atoms with van der Waals surface area (Å²) in [5, 5.41) is 4.03. The molecule has 15 heteroatoms. The van der Waals surface area contributed by atoms with Gasteiger partial charge in [-0.2, -0.15) is 21.6 Å². The number of carbonyl (C=O) groups is 1. The molecule has 2 saturated heterocycles. The number of aryl methyl sites for hydroxylation is 2. The quantitative estimate of drug-likeness (QED) is 0.200. The second-order valence-corrected chi connectivity index (χ2v) is 17.0. The van der Waals surface area contributed by atoms with Gasteiger partial charge in [0, 0.05) is 76.5 Å². The number of rotatable bonds is 7. The van der Waals surface area contributed by atoms with Crippen LogP contribution in [0.1, 0.15) is 75.9 Å². The van der Waals surface area contributed by atoms with E-state index in [2.05, 4.69) is 55.3 Å². The van der Waals surface area contributed by atoms with Gasteiger partial charge in [-0.1, -0.05) is 41.4 Å². The molecule has 2 unspecified atom stereocenters. The average molecular weight is 811 g/mol. The Morgan fingerprint density at radius 3 is 1.83 bits per heavy atom. The van der Waals surface area contributed by atoms with Gasteiger partial charge < -0.3 is 19.3 Å². The molecule has 0 saturated carbocycles. The average Bonchev–Trinajstić information content (AvgIpc) is 3.15. The van der Waals surface area contributed by atoms with Crippen LogP contribution >= 0.6 is 23.2 Å². The Morgan fingerprint density at radius 2 is 1.30 bits per heavy atom. The van der Waals surface area contributed by atoms with Crippen molar-refractivity contribution in [3.63, 3.8) is 0 Å².